The van der Waals surface area contributed by atoms with Crippen molar-refractivity contribution in [3.05, 3.63) is 41.8 Å². The summed E-state index contributed by atoms with van der Waals surface area (Å²) in [4.78, 5) is 2.12. The summed E-state index contributed by atoms with van der Waals surface area (Å²) in [6.45, 7) is 1.71. The van der Waals surface area contributed by atoms with E-state index in [0.29, 0.717) is 0 Å². The lowest BCUT2D eigenvalue weighted by molar-refractivity contribution is 0.414. The summed E-state index contributed by atoms with van der Waals surface area (Å²) in [5.74, 6) is -0.837. The van der Waals surface area contributed by atoms with E-state index in [-0.39, 0.29) is 5.92 Å². The molecule has 1 aromatic rings. The highest BCUT2D eigenvalue weighted by atomic mass is 19.1. The number of halogens is 2. The molecular formula is C11H12F2N. The fourth-order valence-electron chi connectivity index (χ4n) is 1.82. The first-order chi connectivity index (χ1) is 6.65. The number of nitrogens with zero attached hydrogens (tertiary/aromatic N) is 1. The summed E-state index contributed by atoms with van der Waals surface area (Å²) in [5.41, 5.74) is 0.729. The third kappa shape index (κ3) is 1.93. The highest BCUT2D eigenvalue weighted by Crippen LogP contribution is 2.26. The predicted molar refractivity (Wildman–Crippen MR) is 50.9 cm³/mol. The number of likely N-dealkylation sites (tertiary alicyclic amines) is 1. The summed E-state index contributed by atoms with van der Waals surface area (Å²) < 4.78 is 25.8. The SMILES string of the molecule is CN1C[CH][C@H](c2cc(F)cc(F)c2)C1. The first-order valence-corrected chi connectivity index (χ1v) is 4.63. The minimum Gasteiger partial charge on any atom is -0.305 e. The van der Waals surface area contributed by atoms with Gasteiger partial charge in [0, 0.05) is 25.1 Å². The van der Waals surface area contributed by atoms with Crippen molar-refractivity contribution >= 4 is 0 Å². The molecule has 2 rings (SSSR count). The molecule has 0 spiro atoms. The highest BCUT2D eigenvalue weighted by Gasteiger charge is 2.22. The minimum atomic E-state index is -0.497. The monoisotopic (exact) mass is 196 g/mol. The molecule has 1 aliphatic rings. The van der Waals surface area contributed by atoms with Crippen LogP contribution in [0.1, 0.15) is 11.5 Å². The van der Waals surface area contributed by atoms with Crippen LogP contribution in [0.15, 0.2) is 18.2 Å². The van der Waals surface area contributed by atoms with E-state index in [4.69, 9.17) is 0 Å². The number of likely N-dealkylation sites (N-methyl/N-ethyl adjacent to an activating group) is 1. The van der Waals surface area contributed by atoms with Crippen molar-refractivity contribution in [2.45, 2.75) is 5.92 Å². The van der Waals surface area contributed by atoms with Gasteiger partial charge in [-0.2, -0.15) is 0 Å². The molecule has 1 aromatic carbocycles. The molecule has 1 saturated heterocycles. The highest BCUT2D eigenvalue weighted by molar-refractivity contribution is 5.26. The third-order valence-corrected chi connectivity index (χ3v) is 2.52. The maximum absolute atomic E-state index is 12.9. The Bertz CT molecular complexity index is 318. The maximum Gasteiger partial charge on any atom is 0.126 e. The largest absolute Gasteiger partial charge is 0.305 e. The van der Waals surface area contributed by atoms with E-state index in [1.165, 1.54) is 12.1 Å². The van der Waals surface area contributed by atoms with Crippen LogP contribution in [-0.4, -0.2) is 25.0 Å². The second-order valence-electron chi connectivity index (χ2n) is 3.77. The van der Waals surface area contributed by atoms with Gasteiger partial charge in [-0.15, -0.1) is 0 Å². The fourth-order valence-corrected chi connectivity index (χ4v) is 1.82. The number of rotatable bonds is 1. The van der Waals surface area contributed by atoms with Gasteiger partial charge in [-0.3, -0.25) is 0 Å². The zero-order valence-corrected chi connectivity index (χ0v) is 8.00. The number of hydrogen-bond acceptors (Lipinski definition) is 1. The van der Waals surface area contributed by atoms with Crippen LogP contribution in [0, 0.1) is 18.1 Å². The smallest absolute Gasteiger partial charge is 0.126 e. The molecule has 1 atom stereocenters. The molecule has 3 heteroatoms. The first-order valence-electron chi connectivity index (χ1n) is 4.63. The molecule has 1 radical (unpaired) electrons. The van der Waals surface area contributed by atoms with Crippen molar-refractivity contribution in [1.29, 1.82) is 0 Å². The molecule has 1 fully saturated rings. The van der Waals surface area contributed by atoms with Gasteiger partial charge in [0.15, 0.2) is 0 Å². The van der Waals surface area contributed by atoms with Crippen molar-refractivity contribution < 1.29 is 8.78 Å². The molecule has 14 heavy (non-hydrogen) atoms. The Kier molecular flexibility index (Phi) is 2.50. The molecule has 75 valence electrons. The third-order valence-electron chi connectivity index (χ3n) is 2.52. The Morgan fingerprint density at radius 1 is 1.21 bits per heavy atom. The van der Waals surface area contributed by atoms with Gasteiger partial charge in [0.25, 0.3) is 0 Å². The summed E-state index contributed by atoms with van der Waals surface area (Å²) >= 11 is 0. The first kappa shape index (κ1) is 9.59. The summed E-state index contributed by atoms with van der Waals surface area (Å²) in [7, 11) is 1.99. The Balaban J connectivity index is 2.23. The van der Waals surface area contributed by atoms with Crippen LogP contribution in [0.3, 0.4) is 0 Å². The van der Waals surface area contributed by atoms with Gasteiger partial charge < -0.3 is 4.90 Å². The van der Waals surface area contributed by atoms with Crippen LogP contribution in [-0.2, 0) is 0 Å². The van der Waals surface area contributed by atoms with E-state index < -0.39 is 11.6 Å². The van der Waals surface area contributed by atoms with Crippen molar-refractivity contribution in [2.75, 3.05) is 20.1 Å². The minimum absolute atomic E-state index is 0.158. The molecule has 0 aromatic heterocycles. The van der Waals surface area contributed by atoms with E-state index in [1.807, 2.05) is 7.05 Å². The second-order valence-corrected chi connectivity index (χ2v) is 3.77. The maximum atomic E-state index is 12.9. The van der Waals surface area contributed by atoms with Gasteiger partial charge in [0.2, 0.25) is 0 Å². The molecule has 0 saturated carbocycles. The van der Waals surface area contributed by atoms with E-state index >= 15 is 0 Å². The zero-order chi connectivity index (χ0) is 10.1. The number of benzene rings is 1. The standard InChI is InChI=1S/C11H12F2N/c1-14-3-2-8(7-14)9-4-10(12)6-11(13)5-9/h2,4-6,8H,3,7H2,1H3/t8-/m0/s1. The second kappa shape index (κ2) is 3.65. The molecule has 0 N–H and O–H groups in total. The van der Waals surface area contributed by atoms with Crippen LogP contribution in [0.4, 0.5) is 8.78 Å². The predicted octanol–water partition coefficient (Wildman–Crippen LogP) is 2.20. The van der Waals surface area contributed by atoms with Crippen LogP contribution in [0.5, 0.6) is 0 Å². The fraction of sp³-hybridized carbons (Fsp3) is 0.364. The van der Waals surface area contributed by atoms with Crippen LogP contribution >= 0.6 is 0 Å². The molecular weight excluding hydrogens is 184 g/mol. The van der Waals surface area contributed by atoms with Crippen LogP contribution in [0.2, 0.25) is 0 Å². The Hall–Kier alpha value is -0.960. The average Bonchev–Trinajstić information content (AvgIpc) is 2.50. The van der Waals surface area contributed by atoms with Crippen molar-refractivity contribution in [3.8, 4) is 0 Å². The quantitative estimate of drug-likeness (QED) is 0.665. The van der Waals surface area contributed by atoms with Gasteiger partial charge in [-0.1, -0.05) is 0 Å². The van der Waals surface area contributed by atoms with Gasteiger partial charge >= 0.3 is 0 Å². The lowest BCUT2D eigenvalue weighted by atomic mass is 9.98. The van der Waals surface area contributed by atoms with E-state index in [9.17, 15) is 8.78 Å². The topological polar surface area (TPSA) is 3.24 Å². The van der Waals surface area contributed by atoms with Crippen molar-refractivity contribution in [1.82, 2.24) is 4.90 Å². The number of hydrogen-bond donors (Lipinski definition) is 0. The molecule has 0 amide bonds. The van der Waals surface area contributed by atoms with Crippen LogP contribution < -0.4 is 0 Å². The van der Waals surface area contributed by atoms with Crippen molar-refractivity contribution in [3.63, 3.8) is 0 Å². The molecule has 1 nitrogen and oxygen atoms in total. The van der Waals surface area contributed by atoms with Crippen molar-refractivity contribution in [2.24, 2.45) is 0 Å². The Labute approximate surface area is 82.3 Å². The summed E-state index contributed by atoms with van der Waals surface area (Å²) in [6, 6.07) is 3.72. The summed E-state index contributed by atoms with van der Waals surface area (Å²) in [6.07, 6.45) is 2.08. The van der Waals surface area contributed by atoms with Gasteiger partial charge in [-0.05, 0) is 31.2 Å². The lowest BCUT2D eigenvalue weighted by Gasteiger charge is -2.10. The zero-order valence-electron chi connectivity index (χ0n) is 8.00. The molecule has 0 aliphatic carbocycles. The van der Waals surface area contributed by atoms with Gasteiger partial charge in [0.05, 0.1) is 0 Å². The Morgan fingerprint density at radius 3 is 2.36 bits per heavy atom. The average molecular weight is 196 g/mol. The van der Waals surface area contributed by atoms with E-state index in [2.05, 4.69) is 11.3 Å². The van der Waals surface area contributed by atoms with E-state index in [0.717, 1.165) is 24.7 Å². The lowest BCUT2D eigenvalue weighted by Crippen LogP contribution is -2.13. The molecule has 1 heterocycles. The molecule has 0 bridgehead atoms. The van der Waals surface area contributed by atoms with E-state index in [1.54, 1.807) is 0 Å². The summed E-state index contributed by atoms with van der Waals surface area (Å²) in [5, 5.41) is 0. The van der Waals surface area contributed by atoms with Crippen LogP contribution in [0.25, 0.3) is 0 Å². The van der Waals surface area contributed by atoms with Gasteiger partial charge in [0.1, 0.15) is 11.6 Å². The molecule has 0 unspecified atom stereocenters. The Morgan fingerprint density at radius 2 is 1.86 bits per heavy atom. The normalized spacial score (nSPS) is 22.9. The molecule has 1 aliphatic heterocycles. The van der Waals surface area contributed by atoms with Gasteiger partial charge in [-0.25, -0.2) is 8.78 Å².